The molecule has 204 valence electrons. The Morgan fingerprint density at radius 3 is 2.15 bits per heavy atom. The van der Waals surface area contributed by atoms with Crippen LogP contribution in [-0.4, -0.2) is 53.5 Å². The van der Waals surface area contributed by atoms with Crippen LogP contribution in [-0.2, 0) is 20.7 Å². The molecule has 1 aliphatic rings. The fraction of sp³-hybridized carbons (Fsp3) is 0.333. The van der Waals surface area contributed by atoms with Crippen molar-refractivity contribution in [1.29, 1.82) is 0 Å². The average Bonchev–Trinajstić information content (AvgIpc) is 3.22. The summed E-state index contributed by atoms with van der Waals surface area (Å²) < 4.78 is 10.8. The summed E-state index contributed by atoms with van der Waals surface area (Å²) in [7, 11) is 1.56. The van der Waals surface area contributed by atoms with Crippen molar-refractivity contribution >= 4 is 24.0 Å². The van der Waals surface area contributed by atoms with Crippen molar-refractivity contribution in [2.24, 2.45) is 0 Å². The summed E-state index contributed by atoms with van der Waals surface area (Å²) in [4.78, 5) is 42.2. The number of aromatic nitrogens is 1. The third-order valence-corrected chi connectivity index (χ3v) is 6.48. The fourth-order valence-electron chi connectivity index (χ4n) is 4.54. The van der Waals surface area contributed by atoms with Crippen LogP contribution in [0.1, 0.15) is 49.8 Å². The van der Waals surface area contributed by atoms with Gasteiger partial charge in [0.1, 0.15) is 24.1 Å². The quantitative estimate of drug-likeness (QED) is 0.401. The van der Waals surface area contributed by atoms with E-state index in [4.69, 9.17) is 9.47 Å². The highest BCUT2D eigenvalue weighted by molar-refractivity contribution is 5.86. The number of anilines is 1. The number of pyridine rings is 1. The van der Waals surface area contributed by atoms with Gasteiger partial charge in [0, 0.05) is 19.2 Å². The predicted molar refractivity (Wildman–Crippen MR) is 147 cm³/mol. The fourth-order valence-corrected chi connectivity index (χ4v) is 4.54. The van der Waals surface area contributed by atoms with Crippen LogP contribution in [0.15, 0.2) is 66.9 Å². The minimum atomic E-state index is -1.15. The number of fused-ring (bicyclic) bond motifs is 3. The van der Waals surface area contributed by atoms with Gasteiger partial charge in [-0.05, 0) is 67.5 Å². The Labute approximate surface area is 227 Å². The SMILES string of the molecule is CN(C(=O)OC(C)(C)C)c1ccc(CC[C@H](NC(=O)OCC2c3ccccc3-c3ccccc32)C(=O)O)cn1. The minimum Gasteiger partial charge on any atom is -0.480 e. The number of hydrogen-bond donors (Lipinski definition) is 2. The molecule has 0 aliphatic heterocycles. The summed E-state index contributed by atoms with van der Waals surface area (Å²) in [6, 6.07) is 18.3. The molecule has 2 aromatic carbocycles. The number of aliphatic carboxylic acids is 1. The van der Waals surface area contributed by atoms with Crippen LogP contribution in [0.4, 0.5) is 15.4 Å². The van der Waals surface area contributed by atoms with Crippen LogP contribution < -0.4 is 10.2 Å². The van der Waals surface area contributed by atoms with Crippen molar-refractivity contribution in [3.63, 3.8) is 0 Å². The lowest BCUT2D eigenvalue weighted by Crippen LogP contribution is -2.41. The third kappa shape index (κ3) is 6.73. The molecule has 2 amide bonds. The Bertz CT molecular complexity index is 1300. The van der Waals surface area contributed by atoms with Gasteiger partial charge in [-0.1, -0.05) is 54.6 Å². The van der Waals surface area contributed by atoms with Crippen molar-refractivity contribution in [2.45, 2.75) is 51.2 Å². The standard InChI is InChI=1S/C30H33N3O6/c1-30(2,3)39-29(37)33(4)26-16-14-19(17-31-26)13-15-25(27(34)35)32-28(36)38-18-24-22-11-7-5-9-20(22)21-10-6-8-12-23(21)24/h5-12,14,16-17,24-25H,13,15,18H2,1-4H3,(H,32,36)(H,34,35)/t25-/m0/s1. The summed E-state index contributed by atoms with van der Waals surface area (Å²) in [6.45, 7) is 5.45. The number of nitrogens with zero attached hydrogens (tertiary/aromatic N) is 2. The zero-order chi connectivity index (χ0) is 28.2. The Morgan fingerprint density at radius 1 is 1.00 bits per heavy atom. The molecule has 1 atom stereocenters. The highest BCUT2D eigenvalue weighted by atomic mass is 16.6. The number of carbonyl (C=O) groups excluding carboxylic acids is 2. The Kier molecular flexibility index (Phi) is 8.18. The lowest BCUT2D eigenvalue weighted by atomic mass is 9.98. The Balaban J connectivity index is 1.31. The van der Waals surface area contributed by atoms with Crippen LogP contribution in [0, 0.1) is 0 Å². The van der Waals surface area contributed by atoms with Crippen LogP contribution in [0.2, 0.25) is 0 Å². The smallest absolute Gasteiger partial charge is 0.415 e. The van der Waals surface area contributed by atoms with Gasteiger partial charge in [-0.15, -0.1) is 0 Å². The summed E-state index contributed by atoms with van der Waals surface area (Å²) in [5, 5.41) is 12.1. The molecule has 0 saturated heterocycles. The molecular weight excluding hydrogens is 498 g/mol. The number of carboxylic acid groups (broad SMARTS) is 1. The van der Waals surface area contributed by atoms with Gasteiger partial charge in [-0.2, -0.15) is 0 Å². The number of carbonyl (C=O) groups is 3. The average molecular weight is 532 g/mol. The molecule has 0 bridgehead atoms. The molecule has 1 aliphatic carbocycles. The topological polar surface area (TPSA) is 118 Å². The molecule has 0 radical (unpaired) electrons. The molecule has 39 heavy (non-hydrogen) atoms. The van der Waals surface area contributed by atoms with E-state index in [0.717, 1.165) is 27.8 Å². The maximum absolute atomic E-state index is 12.6. The summed E-state index contributed by atoms with van der Waals surface area (Å²) in [5.74, 6) is -0.868. The molecule has 0 saturated carbocycles. The Hall–Kier alpha value is -4.40. The van der Waals surface area contributed by atoms with Crippen molar-refractivity contribution in [3.8, 4) is 11.1 Å². The van der Waals surface area contributed by atoms with E-state index in [9.17, 15) is 19.5 Å². The number of amides is 2. The van der Waals surface area contributed by atoms with E-state index in [2.05, 4.69) is 10.3 Å². The number of carboxylic acids is 1. The van der Waals surface area contributed by atoms with Crippen molar-refractivity contribution in [2.75, 3.05) is 18.6 Å². The van der Waals surface area contributed by atoms with Crippen molar-refractivity contribution in [1.82, 2.24) is 10.3 Å². The molecule has 1 heterocycles. The first kappa shape index (κ1) is 27.6. The van der Waals surface area contributed by atoms with E-state index in [1.807, 2.05) is 48.5 Å². The predicted octanol–water partition coefficient (Wildman–Crippen LogP) is 5.38. The largest absolute Gasteiger partial charge is 0.480 e. The maximum Gasteiger partial charge on any atom is 0.415 e. The number of alkyl carbamates (subject to hydrolysis) is 1. The van der Waals surface area contributed by atoms with Gasteiger partial charge in [0.2, 0.25) is 0 Å². The summed E-state index contributed by atoms with van der Waals surface area (Å²) in [5.41, 5.74) is 4.52. The van der Waals surface area contributed by atoms with E-state index in [1.54, 1.807) is 46.1 Å². The summed E-state index contributed by atoms with van der Waals surface area (Å²) in [6.07, 6.45) is 0.757. The van der Waals surface area contributed by atoms with Gasteiger partial charge in [0.15, 0.2) is 0 Å². The monoisotopic (exact) mass is 531 g/mol. The maximum atomic E-state index is 12.6. The molecule has 4 rings (SSSR count). The lowest BCUT2D eigenvalue weighted by molar-refractivity contribution is -0.139. The number of aryl methyl sites for hydroxylation is 1. The van der Waals surface area contributed by atoms with E-state index in [0.29, 0.717) is 12.2 Å². The second-order valence-corrected chi connectivity index (χ2v) is 10.5. The first-order chi connectivity index (χ1) is 18.5. The molecule has 1 aromatic heterocycles. The molecule has 0 spiro atoms. The lowest BCUT2D eigenvalue weighted by Gasteiger charge is -2.24. The van der Waals surface area contributed by atoms with E-state index >= 15 is 0 Å². The van der Waals surface area contributed by atoms with E-state index in [1.165, 1.54) is 4.90 Å². The number of nitrogens with one attached hydrogen (secondary N) is 1. The molecule has 9 nitrogen and oxygen atoms in total. The van der Waals surface area contributed by atoms with Gasteiger partial charge >= 0.3 is 18.2 Å². The van der Waals surface area contributed by atoms with E-state index in [-0.39, 0.29) is 18.9 Å². The zero-order valence-electron chi connectivity index (χ0n) is 22.5. The highest BCUT2D eigenvalue weighted by Gasteiger charge is 2.30. The van der Waals surface area contributed by atoms with Gasteiger partial charge in [0.25, 0.3) is 0 Å². The number of hydrogen-bond acceptors (Lipinski definition) is 6. The Morgan fingerprint density at radius 2 is 1.62 bits per heavy atom. The van der Waals surface area contributed by atoms with Gasteiger partial charge in [0.05, 0.1) is 0 Å². The van der Waals surface area contributed by atoms with Crippen molar-refractivity contribution in [3.05, 3.63) is 83.6 Å². The van der Waals surface area contributed by atoms with Crippen LogP contribution >= 0.6 is 0 Å². The number of ether oxygens (including phenoxy) is 2. The highest BCUT2D eigenvalue weighted by Crippen LogP contribution is 2.44. The number of benzene rings is 2. The van der Waals surface area contributed by atoms with E-state index < -0.39 is 29.8 Å². The second-order valence-electron chi connectivity index (χ2n) is 10.5. The van der Waals surface area contributed by atoms with Gasteiger partial charge in [-0.3, -0.25) is 4.90 Å². The molecule has 3 aromatic rings. The first-order valence-electron chi connectivity index (χ1n) is 12.8. The van der Waals surface area contributed by atoms with Gasteiger partial charge in [-0.25, -0.2) is 19.4 Å². The molecule has 0 unspecified atom stereocenters. The first-order valence-corrected chi connectivity index (χ1v) is 12.8. The van der Waals surface area contributed by atoms with Crippen LogP contribution in [0.5, 0.6) is 0 Å². The summed E-state index contributed by atoms with van der Waals surface area (Å²) >= 11 is 0. The number of rotatable bonds is 8. The van der Waals surface area contributed by atoms with Gasteiger partial charge < -0.3 is 19.9 Å². The molecule has 0 fully saturated rings. The van der Waals surface area contributed by atoms with Crippen LogP contribution in [0.25, 0.3) is 11.1 Å². The second kappa shape index (κ2) is 11.6. The van der Waals surface area contributed by atoms with Crippen molar-refractivity contribution < 1.29 is 29.0 Å². The minimum absolute atomic E-state index is 0.0999. The van der Waals surface area contributed by atoms with Crippen LogP contribution in [0.3, 0.4) is 0 Å². The zero-order valence-corrected chi connectivity index (χ0v) is 22.5. The molecule has 2 N–H and O–H groups in total. The third-order valence-electron chi connectivity index (χ3n) is 6.48. The molecule has 9 heteroatoms. The molecular formula is C30H33N3O6. The normalized spacial score (nSPS) is 13.1.